The van der Waals surface area contributed by atoms with Crippen molar-refractivity contribution in [3.8, 4) is 0 Å². The van der Waals surface area contributed by atoms with E-state index in [4.69, 9.17) is 4.74 Å². The van der Waals surface area contributed by atoms with E-state index < -0.39 is 6.10 Å². The van der Waals surface area contributed by atoms with Crippen molar-refractivity contribution in [2.75, 3.05) is 41.9 Å². The zero-order valence-electron chi connectivity index (χ0n) is 12.3. The molecule has 4 nitrogen and oxygen atoms in total. The summed E-state index contributed by atoms with van der Waals surface area (Å²) in [5, 5.41) is 2.90. The Hall–Kier alpha value is -1.20. The summed E-state index contributed by atoms with van der Waals surface area (Å²) in [6.45, 7) is 5.95. The Kier molecular flexibility index (Phi) is 5.31. The minimum atomic E-state index is -0.437. The van der Waals surface area contributed by atoms with E-state index in [2.05, 4.69) is 22.3 Å². The molecule has 5 heteroatoms. The van der Waals surface area contributed by atoms with Crippen molar-refractivity contribution in [1.82, 2.24) is 0 Å². The Labute approximate surface area is 124 Å². The van der Waals surface area contributed by atoms with Crippen molar-refractivity contribution in [3.63, 3.8) is 0 Å². The Balaban J connectivity index is 2.07. The average Bonchev–Trinajstić information content (AvgIpc) is 2.49. The zero-order chi connectivity index (χ0) is 14.5. The molecule has 1 amide bonds. The highest BCUT2D eigenvalue weighted by Gasteiger charge is 2.15. The summed E-state index contributed by atoms with van der Waals surface area (Å²) < 4.78 is 5.02. The number of anilines is 2. The highest BCUT2D eigenvalue weighted by Crippen LogP contribution is 2.25. The number of methoxy groups -OCH3 is 1. The van der Waals surface area contributed by atoms with Gasteiger partial charge in [0, 0.05) is 43.1 Å². The van der Waals surface area contributed by atoms with Crippen molar-refractivity contribution in [1.29, 1.82) is 0 Å². The first-order valence-electron chi connectivity index (χ1n) is 6.89. The van der Waals surface area contributed by atoms with Gasteiger partial charge < -0.3 is 15.0 Å². The van der Waals surface area contributed by atoms with Gasteiger partial charge >= 0.3 is 0 Å². The number of rotatable bonds is 4. The number of nitrogens with zero attached hydrogens (tertiary/aromatic N) is 1. The van der Waals surface area contributed by atoms with Crippen LogP contribution in [0.15, 0.2) is 18.2 Å². The van der Waals surface area contributed by atoms with Gasteiger partial charge in [-0.1, -0.05) is 0 Å². The molecule has 0 radical (unpaired) electrons. The molecule has 1 aromatic rings. The van der Waals surface area contributed by atoms with Crippen LogP contribution in [0.1, 0.15) is 12.5 Å². The van der Waals surface area contributed by atoms with Crippen LogP contribution in [0.2, 0.25) is 0 Å². The molecule has 110 valence electrons. The van der Waals surface area contributed by atoms with Crippen LogP contribution in [0.25, 0.3) is 0 Å². The van der Waals surface area contributed by atoms with E-state index in [1.54, 1.807) is 6.92 Å². The molecule has 20 heavy (non-hydrogen) atoms. The molecular formula is C15H22N2O2S. The number of carbonyl (C=O) groups excluding carboxylic acids is 1. The van der Waals surface area contributed by atoms with Crippen molar-refractivity contribution >= 4 is 29.0 Å². The molecule has 2 rings (SSSR count). The fourth-order valence-corrected chi connectivity index (χ4v) is 3.05. The van der Waals surface area contributed by atoms with Gasteiger partial charge in [-0.2, -0.15) is 11.8 Å². The van der Waals surface area contributed by atoms with Crippen LogP contribution in [0, 0.1) is 6.92 Å². The maximum atomic E-state index is 11.8. The first-order valence-corrected chi connectivity index (χ1v) is 8.04. The second-order valence-electron chi connectivity index (χ2n) is 4.97. The van der Waals surface area contributed by atoms with Crippen LogP contribution in [0.3, 0.4) is 0 Å². The first-order chi connectivity index (χ1) is 9.61. The lowest BCUT2D eigenvalue weighted by Crippen LogP contribution is -2.32. The number of hydrogen-bond donors (Lipinski definition) is 1. The Morgan fingerprint density at radius 1 is 1.40 bits per heavy atom. The number of thioether (sulfide) groups is 1. The standard InChI is InChI=1S/C15H22N2O2S/c1-11-10-13(17-6-8-20-9-7-17)4-5-14(11)16-15(18)12(2)19-3/h4-5,10,12H,6-9H2,1-3H3,(H,16,18)/t12-/m0/s1. The summed E-state index contributed by atoms with van der Waals surface area (Å²) in [5.74, 6) is 2.25. The maximum absolute atomic E-state index is 11.8. The third-order valence-electron chi connectivity index (χ3n) is 3.57. The number of carbonyl (C=O) groups is 1. The van der Waals surface area contributed by atoms with E-state index >= 15 is 0 Å². The second-order valence-corrected chi connectivity index (χ2v) is 6.19. The predicted molar refractivity (Wildman–Crippen MR) is 85.8 cm³/mol. The summed E-state index contributed by atoms with van der Waals surface area (Å²) in [4.78, 5) is 14.2. The molecule has 0 bridgehead atoms. The molecule has 0 aromatic heterocycles. The van der Waals surface area contributed by atoms with Crippen LogP contribution < -0.4 is 10.2 Å². The molecule has 0 spiro atoms. The Bertz CT molecular complexity index is 473. The lowest BCUT2D eigenvalue weighted by molar-refractivity contribution is -0.124. The fraction of sp³-hybridized carbons (Fsp3) is 0.533. The molecule has 1 fully saturated rings. The number of ether oxygens (including phenoxy) is 1. The third-order valence-corrected chi connectivity index (χ3v) is 4.51. The Morgan fingerprint density at radius 3 is 2.70 bits per heavy atom. The topological polar surface area (TPSA) is 41.6 Å². The largest absolute Gasteiger partial charge is 0.372 e. The number of nitrogens with one attached hydrogen (secondary N) is 1. The van der Waals surface area contributed by atoms with Gasteiger partial charge in [-0.25, -0.2) is 0 Å². The van der Waals surface area contributed by atoms with E-state index in [0.717, 1.165) is 24.3 Å². The van der Waals surface area contributed by atoms with Gasteiger partial charge in [0.2, 0.25) is 0 Å². The predicted octanol–water partition coefficient (Wildman–Crippen LogP) is 2.52. The summed E-state index contributed by atoms with van der Waals surface area (Å²) in [5.41, 5.74) is 3.17. The molecule has 1 atom stereocenters. The van der Waals surface area contributed by atoms with Crippen molar-refractivity contribution in [2.45, 2.75) is 20.0 Å². The minimum Gasteiger partial charge on any atom is -0.372 e. The number of hydrogen-bond acceptors (Lipinski definition) is 4. The average molecular weight is 294 g/mol. The van der Waals surface area contributed by atoms with Crippen LogP contribution in [-0.2, 0) is 9.53 Å². The SMILES string of the molecule is CO[C@@H](C)C(=O)Nc1ccc(N2CCSCC2)cc1C. The van der Waals surface area contributed by atoms with Crippen molar-refractivity contribution < 1.29 is 9.53 Å². The summed E-state index contributed by atoms with van der Waals surface area (Å²) >= 11 is 2.00. The third kappa shape index (κ3) is 3.67. The van der Waals surface area contributed by atoms with Gasteiger partial charge in [-0.15, -0.1) is 0 Å². The Morgan fingerprint density at radius 2 is 2.10 bits per heavy atom. The van der Waals surface area contributed by atoms with Crippen LogP contribution in [0.5, 0.6) is 0 Å². The second kappa shape index (κ2) is 6.99. The minimum absolute atomic E-state index is 0.113. The number of benzene rings is 1. The molecule has 0 saturated carbocycles. The van der Waals surface area contributed by atoms with E-state index in [1.807, 2.05) is 24.8 Å². The van der Waals surface area contributed by atoms with Gasteiger partial charge in [0.05, 0.1) is 0 Å². The van der Waals surface area contributed by atoms with Crippen LogP contribution >= 0.6 is 11.8 Å². The molecule has 0 aliphatic carbocycles. The molecule has 1 saturated heterocycles. The molecule has 1 aromatic carbocycles. The number of amides is 1. The van der Waals surface area contributed by atoms with E-state index in [9.17, 15) is 4.79 Å². The lowest BCUT2D eigenvalue weighted by Gasteiger charge is -2.29. The van der Waals surface area contributed by atoms with Gasteiger partial charge in [-0.05, 0) is 37.6 Å². The molecule has 1 N–H and O–H groups in total. The molecule has 1 aliphatic heterocycles. The quantitative estimate of drug-likeness (QED) is 0.926. The number of aryl methyl sites for hydroxylation is 1. The maximum Gasteiger partial charge on any atom is 0.253 e. The van der Waals surface area contributed by atoms with Crippen LogP contribution in [0.4, 0.5) is 11.4 Å². The first kappa shape index (κ1) is 15.2. The summed E-state index contributed by atoms with van der Waals surface area (Å²) in [6, 6.07) is 6.20. The van der Waals surface area contributed by atoms with E-state index in [0.29, 0.717) is 0 Å². The normalized spacial score (nSPS) is 16.9. The smallest absolute Gasteiger partial charge is 0.253 e. The lowest BCUT2D eigenvalue weighted by atomic mass is 10.1. The monoisotopic (exact) mass is 294 g/mol. The van der Waals surface area contributed by atoms with Gasteiger partial charge in [-0.3, -0.25) is 4.79 Å². The highest BCUT2D eigenvalue weighted by molar-refractivity contribution is 7.99. The highest BCUT2D eigenvalue weighted by atomic mass is 32.2. The van der Waals surface area contributed by atoms with Crippen LogP contribution in [-0.4, -0.2) is 43.7 Å². The van der Waals surface area contributed by atoms with E-state index in [1.165, 1.54) is 24.3 Å². The van der Waals surface area contributed by atoms with Gasteiger partial charge in [0.25, 0.3) is 5.91 Å². The molecule has 1 heterocycles. The van der Waals surface area contributed by atoms with Crippen molar-refractivity contribution in [3.05, 3.63) is 23.8 Å². The summed E-state index contributed by atoms with van der Waals surface area (Å²) in [6.07, 6.45) is -0.437. The van der Waals surface area contributed by atoms with E-state index in [-0.39, 0.29) is 5.91 Å². The van der Waals surface area contributed by atoms with Gasteiger partial charge in [0.1, 0.15) is 6.10 Å². The van der Waals surface area contributed by atoms with Gasteiger partial charge in [0.15, 0.2) is 0 Å². The zero-order valence-corrected chi connectivity index (χ0v) is 13.1. The van der Waals surface area contributed by atoms with Crippen molar-refractivity contribution in [2.24, 2.45) is 0 Å². The fourth-order valence-electron chi connectivity index (χ4n) is 2.15. The summed E-state index contributed by atoms with van der Waals surface area (Å²) in [7, 11) is 1.54. The molecular weight excluding hydrogens is 272 g/mol. The molecule has 1 aliphatic rings. The molecule has 0 unspecified atom stereocenters.